The van der Waals surface area contributed by atoms with Crippen LogP contribution in [0, 0.1) is 11.6 Å². The van der Waals surface area contributed by atoms with Gasteiger partial charge in [0.25, 0.3) is 0 Å². The van der Waals surface area contributed by atoms with Crippen LogP contribution in [0.4, 0.5) is 14.5 Å². The van der Waals surface area contributed by atoms with Crippen LogP contribution in [0.3, 0.4) is 0 Å². The Bertz CT molecular complexity index is 1250. The molecule has 0 saturated carbocycles. The van der Waals surface area contributed by atoms with Gasteiger partial charge in [0.15, 0.2) is 11.3 Å². The van der Waals surface area contributed by atoms with Crippen LogP contribution in [0.15, 0.2) is 71.1 Å². The smallest absolute Gasteiger partial charge is 0.176 e. The van der Waals surface area contributed by atoms with Gasteiger partial charge in [-0.15, -0.1) is 0 Å². The molecule has 3 aromatic carbocycles. The predicted molar refractivity (Wildman–Crippen MR) is 122 cm³/mol. The molecule has 0 aliphatic carbocycles. The molecule has 164 valence electrons. The van der Waals surface area contributed by atoms with Gasteiger partial charge in [-0.05, 0) is 48.0 Å². The summed E-state index contributed by atoms with van der Waals surface area (Å²) in [6.45, 7) is 3.99. The number of piperazine rings is 1. The summed E-state index contributed by atoms with van der Waals surface area (Å²) < 4.78 is 39.3. The Morgan fingerprint density at radius 1 is 0.906 bits per heavy atom. The van der Waals surface area contributed by atoms with E-state index < -0.39 is 0 Å². The Kier molecular flexibility index (Phi) is 5.53. The molecule has 0 amide bonds. The summed E-state index contributed by atoms with van der Waals surface area (Å²) in [6.07, 6.45) is 0. The molecule has 5 rings (SSSR count). The molecule has 4 aromatic rings. The summed E-state index contributed by atoms with van der Waals surface area (Å²) in [4.78, 5) is 4.45. The van der Waals surface area contributed by atoms with Crippen molar-refractivity contribution in [2.75, 3.05) is 38.2 Å². The fourth-order valence-corrected chi connectivity index (χ4v) is 4.32. The maximum Gasteiger partial charge on any atom is 0.176 e. The second kappa shape index (κ2) is 8.63. The summed E-state index contributed by atoms with van der Waals surface area (Å²) in [7, 11) is 1.62. The van der Waals surface area contributed by atoms with Gasteiger partial charge in [0, 0.05) is 43.7 Å². The number of hydrogen-bond donors (Lipinski definition) is 0. The molecule has 1 aliphatic rings. The van der Waals surface area contributed by atoms with E-state index in [2.05, 4.69) is 15.9 Å². The number of para-hydroxylation sites is 1. The Labute approximate surface area is 185 Å². The first kappa shape index (κ1) is 20.5. The van der Waals surface area contributed by atoms with E-state index in [9.17, 15) is 8.78 Å². The lowest BCUT2D eigenvalue weighted by atomic mass is 10.1. The van der Waals surface area contributed by atoms with Crippen LogP contribution < -0.4 is 9.64 Å². The van der Waals surface area contributed by atoms with Gasteiger partial charge in [-0.25, -0.2) is 8.78 Å². The molecule has 4 nitrogen and oxygen atoms in total. The monoisotopic (exact) mass is 434 g/mol. The van der Waals surface area contributed by atoms with Gasteiger partial charge >= 0.3 is 0 Å². The second-order valence-electron chi connectivity index (χ2n) is 8.05. The number of furan rings is 1. The minimum absolute atomic E-state index is 0.176. The van der Waals surface area contributed by atoms with Crippen molar-refractivity contribution >= 4 is 16.7 Å². The summed E-state index contributed by atoms with van der Waals surface area (Å²) in [6, 6.07) is 19.3. The molecule has 6 heteroatoms. The van der Waals surface area contributed by atoms with Crippen LogP contribution in [-0.4, -0.2) is 38.2 Å². The van der Waals surface area contributed by atoms with Crippen LogP contribution in [0.1, 0.15) is 5.56 Å². The molecule has 1 saturated heterocycles. The Balaban J connectivity index is 1.34. The Hall–Kier alpha value is -3.38. The van der Waals surface area contributed by atoms with E-state index in [1.807, 2.05) is 30.3 Å². The van der Waals surface area contributed by atoms with Crippen molar-refractivity contribution in [3.05, 3.63) is 83.9 Å². The van der Waals surface area contributed by atoms with Crippen molar-refractivity contribution in [1.82, 2.24) is 4.90 Å². The topological polar surface area (TPSA) is 28.9 Å². The van der Waals surface area contributed by atoms with E-state index in [1.165, 1.54) is 18.2 Å². The van der Waals surface area contributed by atoms with Gasteiger partial charge in [-0.1, -0.05) is 24.3 Å². The average Bonchev–Trinajstić information content (AvgIpc) is 3.24. The first-order valence-electron chi connectivity index (χ1n) is 10.7. The number of hydrogen-bond acceptors (Lipinski definition) is 4. The normalized spacial score (nSPS) is 14.8. The lowest BCUT2D eigenvalue weighted by molar-refractivity contribution is 0.249. The Morgan fingerprint density at radius 2 is 1.72 bits per heavy atom. The molecule has 0 spiro atoms. The third kappa shape index (κ3) is 4.06. The highest BCUT2D eigenvalue weighted by Crippen LogP contribution is 2.35. The quantitative estimate of drug-likeness (QED) is 0.402. The molecule has 0 unspecified atom stereocenters. The van der Waals surface area contributed by atoms with Gasteiger partial charge in [-0.3, -0.25) is 4.90 Å². The SMILES string of the molecule is COc1cc(CN2CCN(c3ccccc3F)CC2)cc2cc(-c3cccc(F)c3)oc12. The van der Waals surface area contributed by atoms with E-state index in [1.54, 1.807) is 19.2 Å². The van der Waals surface area contributed by atoms with Crippen molar-refractivity contribution in [3.8, 4) is 17.1 Å². The zero-order valence-electron chi connectivity index (χ0n) is 17.9. The predicted octanol–water partition coefficient (Wildman–Crippen LogP) is 5.71. The second-order valence-corrected chi connectivity index (χ2v) is 8.05. The highest BCUT2D eigenvalue weighted by Gasteiger charge is 2.20. The first-order valence-corrected chi connectivity index (χ1v) is 10.7. The number of methoxy groups -OCH3 is 1. The summed E-state index contributed by atoms with van der Waals surface area (Å²) >= 11 is 0. The molecule has 1 aromatic heterocycles. The molecular weight excluding hydrogens is 410 g/mol. The molecule has 1 aliphatic heterocycles. The number of halogens is 2. The molecule has 0 atom stereocenters. The summed E-state index contributed by atoms with van der Waals surface area (Å²) in [5.74, 6) is 0.786. The number of anilines is 1. The Morgan fingerprint density at radius 3 is 2.47 bits per heavy atom. The van der Waals surface area contributed by atoms with Gasteiger partial charge in [0.1, 0.15) is 17.4 Å². The average molecular weight is 434 g/mol. The number of fused-ring (bicyclic) bond motifs is 1. The maximum atomic E-state index is 14.1. The van der Waals surface area contributed by atoms with Crippen LogP contribution in [0.2, 0.25) is 0 Å². The van der Waals surface area contributed by atoms with Crippen LogP contribution in [0.5, 0.6) is 5.75 Å². The lowest BCUT2D eigenvalue weighted by Gasteiger charge is -2.36. The standard InChI is InChI=1S/C26H24F2N2O2/c1-31-25-14-18(13-20-16-24(32-26(20)25)19-5-4-6-21(27)15-19)17-29-9-11-30(12-10-29)23-8-3-2-7-22(23)28/h2-8,13-16H,9-12,17H2,1H3. The number of benzene rings is 3. The fourth-order valence-electron chi connectivity index (χ4n) is 4.32. The highest BCUT2D eigenvalue weighted by atomic mass is 19.1. The molecule has 0 bridgehead atoms. The molecule has 0 N–H and O–H groups in total. The minimum atomic E-state index is -0.301. The van der Waals surface area contributed by atoms with Gasteiger partial charge in [0.05, 0.1) is 12.8 Å². The largest absolute Gasteiger partial charge is 0.493 e. The van der Waals surface area contributed by atoms with Crippen molar-refractivity contribution < 1.29 is 17.9 Å². The maximum absolute atomic E-state index is 14.1. The van der Waals surface area contributed by atoms with Gasteiger partial charge in [-0.2, -0.15) is 0 Å². The number of rotatable bonds is 5. The van der Waals surface area contributed by atoms with Crippen molar-refractivity contribution in [2.24, 2.45) is 0 Å². The third-order valence-corrected chi connectivity index (χ3v) is 5.94. The van der Waals surface area contributed by atoms with E-state index in [4.69, 9.17) is 9.15 Å². The van der Waals surface area contributed by atoms with E-state index >= 15 is 0 Å². The number of nitrogens with zero attached hydrogens (tertiary/aromatic N) is 2. The van der Waals surface area contributed by atoms with Crippen molar-refractivity contribution in [2.45, 2.75) is 6.54 Å². The van der Waals surface area contributed by atoms with Gasteiger partial charge < -0.3 is 14.1 Å². The fraction of sp³-hybridized carbons (Fsp3) is 0.231. The van der Waals surface area contributed by atoms with Crippen LogP contribution >= 0.6 is 0 Å². The molecule has 1 fully saturated rings. The first-order chi connectivity index (χ1) is 15.6. The zero-order chi connectivity index (χ0) is 22.1. The third-order valence-electron chi connectivity index (χ3n) is 5.94. The van der Waals surface area contributed by atoms with Crippen molar-refractivity contribution in [3.63, 3.8) is 0 Å². The van der Waals surface area contributed by atoms with E-state index in [0.717, 1.165) is 43.7 Å². The molecular formula is C26H24F2N2O2. The molecule has 2 heterocycles. The minimum Gasteiger partial charge on any atom is -0.493 e. The zero-order valence-corrected chi connectivity index (χ0v) is 17.9. The molecule has 0 radical (unpaired) electrons. The van der Waals surface area contributed by atoms with Gasteiger partial charge in [0.2, 0.25) is 0 Å². The summed E-state index contributed by atoms with van der Waals surface area (Å²) in [5, 5.41) is 0.920. The van der Waals surface area contributed by atoms with E-state index in [-0.39, 0.29) is 11.6 Å². The van der Waals surface area contributed by atoms with Crippen LogP contribution in [0.25, 0.3) is 22.3 Å². The van der Waals surface area contributed by atoms with E-state index in [0.29, 0.717) is 28.3 Å². The highest BCUT2D eigenvalue weighted by molar-refractivity contribution is 5.88. The number of ether oxygens (including phenoxy) is 1. The molecule has 32 heavy (non-hydrogen) atoms. The van der Waals surface area contributed by atoms with Crippen molar-refractivity contribution in [1.29, 1.82) is 0 Å². The van der Waals surface area contributed by atoms with Crippen LogP contribution in [-0.2, 0) is 6.54 Å². The summed E-state index contributed by atoms with van der Waals surface area (Å²) in [5.41, 5.74) is 3.12. The lowest BCUT2D eigenvalue weighted by Crippen LogP contribution is -2.46.